The number of pyridine rings is 3. The molecule has 5 rings (SSSR count). The van der Waals surface area contributed by atoms with Gasteiger partial charge < -0.3 is 10.2 Å². The molecule has 4 aromatic heterocycles. The maximum Gasteiger partial charge on any atom is 0.237 e. The molecule has 4 aromatic rings. The Morgan fingerprint density at radius 2 is 2.06 bits per heavy atom. The maximum absolute atomic E-state index is 7.25. The van der Waals surface area contributed by atoms with E-state index in [1.165, 1.54) is 0 Å². The van der Waals surface area contributed by atoms with Crippen molar-refractivity contribution in [1.82, 2.24) is 24.8 Å². The third kappa shape index (κ3) is 4.17. The van der Waals surface area contributed by atoms with Crippen LogP contribution in [0.5, 0.6) is 0 Å². The molecule has 1 aliphatic rings. The smallest absolute Gasteiger partial charge is 0.237 e. The van der Waals surface area contributed by atoms with Gasteiger partial charge >= 0.3 is 0 Å². The molecule has 160 valence electrons. The zero-order valence-corrected chi connectivity index (χ0v) is 18.9. The van der Waals surface area contributed by atoms with Gasteiger partial charge in [0.1, 0.15) is 22.3 Å². The van der Waals surface area contributed by atoms with Gasteiger partial charge in [0.15, 0.2) is 0 Å². The quantitative estimate of drug-likeness (QED) is 0.439. The SMILES string of the molecule is [C-]#[N+][C@@H]1CCN(Cc2nc(Nc3cc4nc(-c5ncccc5C)sc4cn3)ccc2C)C1. The fourth-order valence-electron chi connectivity index (χ4n) is 3.92. The minimum Gasteiger partial charge on any atom is -0.325 e. The molecule has 1 saturated heterocycles. The van der Waals surface area contributed by atoms with Crippen molar-refractivity contribution in [3.05, 3.63) is 71.0 Å². The van der Waals surface area contributed by atoms with Crippen molar-refractivity contribution >= 4 is 33.2 Å². The second-order valence-electron chi connectivity index (χ2n) is 8.12. The first-order chi connectivity index (χ1) is 15.6. The standard InChI is InChI=1S/C24H23N7S/c1-15-6-7-21(28-19(15)14-31-10-8-17(13-31)25-3)30-22-11-18-20(12-27-22)32-24(29-18)23-16(2)5-4-9-26-23/h4-7,9,11-12,17H,8,10,13-14H2,1-2H3,(H,27,28,30)/t17-/m1/s1. The average molecular weight is 442 g/mol. The molecule has 0 radical (unpaired) electrons. The van der Waals surface area contributed by atoms with E-state index in [2.05, 4.69) is 38.0 Å². The third-order valence-electron chi connectivity index (χ3n) is 5.75. The summed E-state index contributed by atoms with van der Waals surface area (Å²) < 4.78 is 1.02. The van der Waals surface area contributed by atoms with Gasteiger partial charge in [-0.2, -0.15) is 0 Å². The lowest BCUT2D eigenvalue weighted by Crippen LogP contribution is -2.22. The first kappa shape index (κ1) is 20.5. The van der Waals surface area contributed by atoms with E-state index in [-0.39, 0.29) is 6.04 Å². The van der Waals surface area contributed by atoms with E-state index in [0.717, 1.165) is 69.6 Å². The fraction of sp³-hybridized carbons (Fsp3) is 0.292. The molecule has 0 saturated carbocycles. The summed E-state index contributed by atoms with van der Waals surface area (Å²) in [5.41, 5.74) is 5.09. The van der Waals surface area contributed by atoms with E-state index in [1.807, 2.05) is 37.4 Å². The van der Waals surface area contributed by atoms with Crippen LogP contribution in [0.2, 0.25) is 0 Å². The Morgan fingerprint density at radius 1 is 1.16 bits per heavy atom. The minimum absolute atomic E-state index is 0.116. The van der Waals surface area contributed by atoms with Crippen LogP contribution in [0.25, 0.3) is 25.8 Å². The lowest BCUT2D eigenvalue weighted by molar-refractivity contribution is 0.325. The van der Waals surface area contributed by atoms with Crippen molar-refractivity contribution in [2.45, 2.75) is 32.9 Å². The number of rotatable bonds is 5. The molecule has 0 unspecified atom stereocenters. The normalized spacial score (nSPS) is 16.3. The van der Waals surface area contributed by atoms with Gasteiger partial charge in [0.05, 0.1) is 22.5 Å². The molecule has 0 aliphatic carbocycles. The molecular weight excluding hydrogens is 418 g/mol. The second-order valence-corrected chi connectivity index (χ2v) is 9.15. The molecule has 8 heteroatoms. The van der Waals surface area contributed by atoms with Gasteiger partial charge in [-0.3, -0.25) is 9.88 Å². The summed E-state index contributed by atoms with van der Waals surface area (Å²) in [7, 11) is 0. The van der Waals surface area contributed by atoms with Gasteiger partial charge in [-0.25, -0.2) is 21.5 Å². The van der Waals surface area contributed by atoms with E-state index >= 15 is 0 Å². The topological polar surface area (TPSA) is 71.2 Å². The molecule has 1 atom stereocenters. The Balaban J connectivity index is 1.36. The van der Waals surface area contributed by atoms with Crippen LogP contribution in [0.1, 0.15) is 23.2 Å². The number of nitrogens with one attached hydrogen (secondary N) is 1. The highest BCUT2D eigenvalue weighted by Gasteiger charge is 2.26. The number of hydrogen-bond donors (Lipinski definition) is 1. The monoisotopic (exact) mass is 441 g/mol. The number of nitrogens with zero attached hydrogens (tertiary/aromatic N) is 6. The molecular formula is C24H23N7S. The van der Waals surface area contributed by atoms with Crippen molar-refractivity contribution in [1.29, 1.82) is 0 Å². The summed E-state index contributed by atoms with van der Waals surface area (Å²) in [6.45, 7) is 13.9. The van der Waals surface area contributed by atoms with Crippen LogP contribution >= 0.6 is 11.3 Å². The minimum atomic E-state index is 0.116. The predicted molar refractivity (Wildman–Crippen MR) is 128 cm³/mol. The number of anilines is 2. The van der Waals surface area contributed by atoms with E-state index in [4.69, 9.17) is 16.5 Å². The van der Waals surface area contributed by atoms with E-state index < -0.39 is 0 Å². The lowest BCUT2D eigenvalue weighted by atomic mass is 10.2. The summed E-state index contributed by atoms with van der Waals surface area (Å²) in [4.78, 5) is 24.7. The average Bonchev–Trinajstić information content (AvgIpc) is 3.42. The number of thiazole rings is 1. The number of likely N-dealkylation sites (tertiary alicyclic amines) is 1. The molecule has 1 aliphatic heterocycles. The molecule has 1 fully saturated rings. The van der Waals surface area contributed by atoms with Crippen LogP contribution in [-0.4, -0.2) is 44.0 Å². The molecule has 7 nitrogen and oxygen atoms in total. The second kappa shape index (κ2) is 8.61. The van der Waals surface area contributed by atoms with Crippen LogP contribution in [0.15, 0.2) is 42.7 Å². The first-order valence-corrected chi connectivity index (χ1v) is 11.4. The van der Waals surface area contributed by atoms with Crippen LogP contribution in [0.4, 0.5) is 11.6 Å². The largest absolute Gasteiger partial charge is 0.325 e. The zero-order chi connectivity index (χ0) is 22.1. The van der Waals surface area contributed by atoms with Crippen LogP contribution in [0, 0.1) is 20.4 Å². The Labute approximate surface area is 191 Å². The molecule has 0 bridgehead atoms. The maximum atomic E-state index is 7.25. The summed E-state index contributed by atoms with van der Waals surface area (Å²) >= 11 is 1.60. The summed E-state index contributed by atoms with van der Waals surface area (Å²) in [5.74, 6) is 1.47. The van der Waals surface area contributed by atoms with E-state index in [9.17, 15) is 0 Å². The summed E-state index contributed by atoms with van der Waals surface area (Å²) in [5, 5.41) is 4.23. The highest BCUT2D eigenvalue weighted by atomic mass is 32.1. The van der Waals surface area contributed by atoms with Gasteiger partial charge in [-0.05, 0) is 37.1 Å². The number of aromatic nitrogens is 4. The van der Waals surface area contributed by atoms with Crippen molar-refractivity contribution in [3.63, 3.8) is 0 Å². The van der Waals surface area contributed by atoms with Crippen LogP contribution < -0.4 is 5.32 Å². The van der Waals surface area contributed by atoms with Crippen molar-refractivity contribution in [2.24, 2.45) is 0 Å². The molecule has 1 N–H and O–H groups in total. The fourth-order valence-corrected chi connectivity index (χ4v) is 4.90. The molecule has 0 spiro atoms. The Hall–Kier alpha value is -3.41. The predicted octanol–water partition coefficient (Wildman–Crippen LogP) is 5.00. The van der Waals surface area contributed by atoms with Gasteiger partial charge in [0.2, 0.25) is 6.04 Å². The van der Waals surface area contributed by atoms with Crippen molar-refractivity contribution in [2.75, 3.05) is 18.4 Å². The van der Waals surface area contributed by atoms with E-state index in [1.54, 1.807) is 17.5 Å². The Kier molecular flexibility index (Phi) is 5.52. The molecule has 5 heterocycles. The third-order valence-corrected chi connectivity index (χ3v) is 6.76. The van der Waals surface area contributed by atoms with Gasteiger partial charge in [-0.1, -0.05) is 12.1 Å². The van der Waals surface area contributed by atoms with Crippen LogP contribution in [0.3, 0.4) is 0 Å². The lowest BCUT2D eigenvalue weighted by Gasteiger charge is -2.16. The van der Waals surface area contributed by atoms with Crippen molar-refractivity contribution < 1.29 is 0 Å². The van der Waals surface area contributed by atoms with Crippen LogP contribution in [-0.2, 0) is 6.54 Å². The van der Waals surface area contributed by atoms with Gasteiger partial charge in [-0.15, -0.1) is 11.3 Å². The molecule has 32 heavy (non-hydrogen) atoms. The van der Waals surface area contributed by atoms with Crippen molar-refractivity contribution in [3.8, 4) is 10.7 Å². The Morgan fingerprint density at radius 3 is 2.88 bits per heavy atom. The number of hydrogen-bond acceptors (Lipinski definition) is 7. The highest BCUT2D eigenvalue weighted by molar-refractivity contribution is 7.21. The van der Waals surface area contributed by atoms with Gasteiger partial charge in [0, 0.05) is 38.0 Å². The number of fused-ring (bicyclic) bond motifs is 1. The number of aryl methyl sites for hydroxylation is 2. The first-order valence-electron chi connectivity index (χ1n) is 10.6. The molecule has 0 amide bonds. The zero-order valence-electron chi connectivity index (χ0n) is 18.0. The highest BCUT2D eigenvalue weighted by Crippen LogP contribution is 2.31. The summed E-state index contributed by atoms with van der Waals surface area (Å²) in [6.07, 6.45) is 4.59. The summed E-state index contributed by atoms with van der Waals surface area (Å²) in [6, 6.07) is 10.1. The van der Waals surface area contributed by atoms with E-state index in [0.29, 0.717) is 5.82 Å². The van der Waals surface area contributed by atoms with Gasteiger partial charge in [0.25, 0.3) is 0 Å². The Bertz CT molecular complexity index is 1320. The molecule has 0 aromatic carbocycles.